The maximum Gasteiger partial charge on any atom is 0.259 e. The monoisotopic (exact) mass is 357 g/mol. The van der Waals surface area contributed by atoms with Crippen LogP contribution in [0, 0.1) is 6.92 Å². The number of carbonyl (C=O) groups excluding carboxylic acids is 3. The van der Waals surface area contributed by atoms with Crippen molar-refractivity contribution in [2.75, 3.05) is 5.32 Å². The molecule has 1 aliphatic rings. The topological polar surface area (TPSA) is 83.5 Å². The van der Waals surface area contributed by atoms with E-state index in [4.69, 9.17) is 0 Å². The van der Waals surface area contributed by atoms with E-state index < -0.39 is 5.91 Å². The van der Waals surface area contributed by atoms with Crippen LogP contribution in [0.2, 0.25) is 0 Å². The van der Waals surface area contributed by atoms with Crippen LogP contribution in [0.25, 0.3) is 0 Å². The Morgan fingerprint density at radius 1 is 0.815 bits per heavy atom. The molecule has 0 unspecified atom stereocenters. The third-order valence-corrected chi connectivity index (χ3v) is 4.68. The number of rotatable bonds is 2. The highest BCUT2D eigenvalue weighted by Crippen LogP contribution is 2.32. The van der Waals surface area contributed by atoms with Crippen molar-refractivity contribution >= 4 is 23.2 Å². The van der Waals surface area contributed by atoms with E-state index in [1.54, 1.807) is 61.5 Å². The number of phenols is 1. The molecular weight excluding hydrogens is 342 g/mol. The molecule has 0 bridgehead atoms. The lowest BCUT2D eigenvalue weighted by molar-refractivity contribution is 0.0978. The zero-order chi connectivity index (χ0) is 19.1. The van der Waals surface area contributed by atoms with Crippen LogP contribution in [-0.4, -0.2) is 22.6 Å². The minimum Gasteiger partial charge on any atom is -0.507 e. The van der Waals surface area contributed by atoms with Crippen molar-refractivity contribution in [2.24, 2.45) is 0 Å². The molecule has 132 valence electrons. The lowest BCUT2D eigenvalue weighted by Gasteiger charge is -2.20. The number of nitrogens with one attached hydrogen (secondary N) is 1. The first-order valence-electron chi connectivity index (χ1n) is 8.40. The van der Waals surface area contributed by atoms with Gasteiger partial charge in [-0.1, -0.05) is 48.5 Å². The highest BCUT2D eigenvalue weighted by atomic mass is 16.3. The van der Waals surface area contributed by atoms with Crippen molar-refractivity contribution in [1.82, 2.24) is 0 Å². The molecule has 0 aliphatic heterocycles. The van der Waals surface area contributed by atoms with Crippen LogP contribution >= 0.6 is 0 Å². The fourth-order valence-corrected chi connectivity index (χ4v) is 3.28. The standard InChI is InChI=1S/C22H15NO4/c1-12-6-4-10-16(19(12)24)22(27)23-17-11-5-9-15-18(17)21(26)14-8-3-2-7-13(14)20(15)25/h2-11,24H,1H3,(H,23,27). The van der Waals surface area contributed by atoms with Crippen molar-refractivity contribution in [3.05, 3.63) is 94.0 Å². The number of amides is 1. The molecule has 1 amide bonds. The van der Waals surface area contributed by atoms with Crippen molar-refractivity contribution in [1.29, 1.82) is 0 Å². The van der Waals surface area contributed by atoms with Crippen LogP contribution in [0.1, 0.15) is 47.8 Å². The average molecular weight is 357 g/mol. The van der Waals surface area contributed by atoms with Gasteiger partial charge < -0.3 is 10.4 Å². The number of hydrogen-bond acceptors (Lipinski definition) is 4. The average Bonchev–Trinajstić information content (AvgIpc) is 2.68. The van der Waals surface area contributed by atoms with E-state index in [9.17, 15) is 19.5 Å². The number of aromatic hydroxyl groups is 1. The number of fused-ring (bicyclic) bond motifs is 2. The van der Waals surface area contributed by atoms with E-state index in [0.29, 0.717) is 16.7 Å². The number of benzene rings is 3. The van der Waals surface area contributed by atoms with E-state index >= 15 is 0 Å². The summed E-state index contributed by atoms with van der Waals surface area (Å²) in [6.07, 6.45) is 0. The second-order valence-corrected chi connectivity index (χ2v) is 6.36. The number of aryl methyl sites for hydroxylation is 1. The fourth-order valence-electron chi connectivity index (χ4n) is 3.28. The van der Waals surface area contributed by atoms with Gasteiger partial charge >= 0.3 is 0 Å². The summed E-state index contributed by atoms with van der Waals surface area (Å²) in [5.41, 5.74) is 2.00. The summed E-state index contributed by atoms with van der Waals surface area (Å²) >= 11 is 0. The first-order chi connectivity index (χ1) is 13.0. The van der Waals surface area contributed by atoms with E-state index in [2.05, 4.69) is 5.32 Å². The van der Waals surface area contributed by atoms with Gasteiger partial charge in [-0.2, -0.15) is 0 Å². The maximum atomic E-state index is 13.0. The smallest absolute Gasteiger partial charge is 0.259 e. The summed E-state index contributed by atoms with van der Waals surface area (Å²) in [6, 6.07) is 16.2. The number of para-hydroxylation sites is 1. The first-order valence-corrected chi connectivity index (χ1v) is 8.40. The number of anilines is 1. The molecule has 0 atom stereocenters. The molecule has 0 radical (unpaired) electrons. The molecule has 0 saturated heterocycles. The van der Waals surface area contributed by atoms with Crippen molar-refractivity contribution < 1.29 is 19.5 Å². The molecule has 0 aromatic heterocycles. The van der Waals surface area contributed by atoms with E-state index in [1.165, 1.54) is 6.07 Å². The van der Waals surface area contributed by atoms with Gasteiger partial charge in [0.25, 0.3) is 5.91 Å². The largest absolute Gasteiger partial charge is 0.507 e. The zero-order valence-electron chi connectivity index (χ0n) is 14.4. The minimum absolute atomic E-state index is 0.0996. The van der Waals surface area contributed by atoms with E-state index in [0.717, 1.165) is 0 Å². The first kappa shape index (κ1) is 16.7. The molecule has 0 fully saturated rings. The lowest BCUT2D eigenvalue weighted by Crippen LogP contribution is -2.24. The van der Waals surface area contributed by atoms with Crippen LogP contribution in [0.15, 0.2) is 60.7 Å². The molecule has 1 aliphatic carbocycles. The normalized spacial score (nSPS) is 12.3. The molecule has 0 saturated carbocycles. The Morgan fingerprint density at radius 2 is 1.44 bits per heavy atom. The number of ketones is 2. The quantitative estimate of drug-likeness (QED) is 0.573. The minimum atomic E-state index is -0.552. The maximum absolute atomic E-state index is 13.0. The van der Waals surface area contributed by atoms with Gasteiger partial charge in [0.05, 0.1) is 16.8 Å². The molecule has 3 aromatic carbocycles. The predicted molar refractivity (Wildman–Crippen MR) is 101 cm³/mol. The van der Waals surface area contributed by atoms with Gasteiger partial charge in [-0.25, -0.2) is 0 Å². The molecule has 3 aromatic rings. The number of hydrogen-bond donors (Lipinski definition) is 2. The van der Waals surface area contributed by atoms with Crippen LogP contribution in [0.5, 0.6) is 5.75 Å². The SMILES string of the molecule is Cc1cccc(C(=O)Nc2cccc3c2C(=O)c2ccccc2C3=O)c1O. The Morgan fingerprint density at radius 3 is 2.19 bits per heavy atom. The van der Waals surface area contributed by atoms with Crippen LogP contribution < -0.4 is 5.32 Å². The second kappa shape index (κ2) is 6.21. The highest BCUT2D eigenvalue weighted by molar-refractivity contribution is 6.30. The Kier molecular flexibility index (Phi) is 3.85. The summed E-state index contributed by atoms with van der Waals surface area (Å²) in [6.45, 7) is 1.69. The van der Waals surface area contributed by atoms with Crippen molar-refractivity contribution in [2.45, 2.75) is 6.92 Å². The van der Waals surface area contributed by atoms with Gasteiger partial charge in [-0.3, -0.25) is 14.4 Å². The number of carbonyl (C=O) groups is 3. The summed E-state index contributed by atoms with van der Waals surface area (Å²) in [5, 5.41) is 12.8. The summed E-state index contributed by atoms with van der Waals surface area (Å²) in [4.78, 5) is 38.4. The van der Waals surface area contributed by atoms with Gasteiger partial charge in [0, 0.05) is 16.7 Å². The van der Waals surface area contributed by atoms with Gasteiger partial charge in [0.15, 0.2) is 11.6 Å². The fraction of sp³-hybridized carbons (Fsp3) is 0.0455. The number of phenolic OH excluding ortho intramolecular Hbond substituents is 1. The molecule has 27 heavy (non-hydrogen) atoms. The van der Waals surface area contributed by atoms with Crippen LogP contribution in [0.3, 0.4) is 0 Å². The zero-order valence-corrected chi connectivity index (χ0v) is 14.4. The highest BCUT2D eigenvalue weighted by Gasteiger charge is 2.31. The molecule has 0 spiro atoms. The molecule has 2 N–H and O–H groups in total. The predicted octanol–water partition coefficient (Wildman–Crippen LogP) is 3.73. The van der Waals surface area contributed by atoms with Gasteiger partial charge in [0.2, 0.25) is 0 Å². The van der Waals surface area contributed by atoms with E-state index in [-0.39, 0.29) is 39.7 Å². The van der Waals surface area contributed by atoms with E-state index in [1.807, 2.05) is 0 Å². The molecule has 4 rings (SSSR count). The third-order valence-electron chi connectivity index (χ3n) is 4.68. The Bertz CT molecular complexity index is 1130. The van der Waals surface area contributed by atoms with Crippen molar-refractivity contribution in [3.8, 4) is 5.75 Å². The lowest BCUT2D eigenvalue weighted by atomic mass is 9.83. The Balaban J connectivity index is 1.79. The Hall–Kier alpha value is -3.73. The molecule has 5 heteroatoms. The summed E-state index contributed by atoms with van der Waals surface area (Å²) in [5.74, 6) is -1.24. The summed E-state index contributed by atoms with van der Waals surface area (Å²) in [7, 11) is 0. The molecule has 5 nitrogen and oxygen atoms in total. The molecular formula is C22H15NO4. The second-order valence-electron chi connectivity index (χ2n) is 6.36. The van der Waals surface area contributed by atoms with Crippen molar-refractivity contribution in [3.63, 3.8) is 0 Å². The van der Waals surface area contributed by atoms with Gasteiger partial charge in [-0.05, 0) is 24.6 Å². The van der Waals surface area contributed by atoms with Gasteiger partial charge in [0.1, 0.15) is 5.75 Å². The van der Waals surface area contributed by atoms with Crippen LogP contribution in [0.4, 0.5) is 5.69 Å². The third kappa shape index (κ3) is 2.60. The Labute approximate surface area is 155 Å². The summed E-state index contributed by atoms with van der Waals surface area (Å²) < 4.78 is 0. The van der Waals surface area contributed by atoms with Gasteiger partial charge in [-0.15, -0.1) is 0 Å². The van der Waals surface area contributed by atoms with Crippen LogP contribution in [-0.2, 0) is 0 Å². The molecule has 0 heterocycles.